The van der Waals surface area contributed by atoms with Gasteiger partial charge < -0.3 is 9.47 Å². The van der Waals surface area contributed by atoms with E-state index in [-0.39, 0.29) is 0 Å². The average molecular weight is 613 g/mol. The second-order valence-corrected chi connectivity index (χ2v) is 12.2. The molecule has 0 aliphatic carbocycles. The fraction of sp³-hybridized carbons (Fsp3) is 0. The summed E-state index contributed by atoms with van der Waals surface area (Å²) in [6.07, 6.45) is 0. The SMILES string of the molecule is c1ccc(-c2ccccc2-c2cccc3c2c2ccc(N(c4ccccc4)c4ccc5ccccc5c4)cc2n3-c2ccccc2)cc1. The van der Waals surface area contributed by atoms with Gasteiger partial charge in [-0.05, 0) is 87.6 Å². The van der Waals surface area contributed by atoms with E-state index < -0.39 is 0 Å². The summed E-state index contributed by atoms with van der Waals surface area (Å²) in [5.41, 5.74) is 11.7. The molecule has 1 heterocycles. The van der Waals surface area contributed by atoms with E-state index >= 15 is 0 Å². The van der Waals surface area contributed by atoms with Crippen LogP contribution >= 0.6 is 0 Å². The van der Waals surface area contributed by atoms with Crippen molar-refractivity contribution in [3.63, 3.8) is 0 Å². The Bertz CT molecular complexity index is 2550. The Balaban J connectivity index is 1.32. The number of hydrogen-bond donors (Lipinski definition) is 0. The largest absolute Gasteiger partial charge is 0.310 e. The van der Waals surface area contributed by atoms with Crippen LogP contribution < -0.4 is 4.90 Å². The number of benzene rings is 8. The predicted molar refractivity (Wildman–Crippen MR) is 204 cm³/mol. The van der Waals surface area contributed by atoms with Gasteiger partial charge in [0, 0.05) is 33.5 Å². The van der Waals surface area contributed by atoms with Crippen LogP contribution in [0.1, 0.15) is 0 Å². The Morgan fingerprint density at radius 1 is 0.354 bits per heavy atom. The monoisotopic (exact) mass is 612 g/mol. The van der Waals surface area contributed by atoms with Crippen LogP contribution in [-0.4, -0.2) is 4.57 Å². The van der Waals surface area contributed by atoms with E-state index in [4.69, 9.17) is 0 Å². The molecule has 48 heavy (non-hydrogen) atoms. The molecule has 0 aliphatic heterocycles. The van der Waals surface area contributed by atoms with Crippen LogP contribution in [0.25, 0.3) is 60.5 Å². The van der Waals surface area contributed by atoms with Gasteiger partial charge >= 0.3 is 0 Å². The van der Waals surface area contributed by atoms with Crippen molar-refractivity contribution >= 4 is 49.6 Å². The number of hydrogen-bond acceptors (Lipinski definition) is 1. The lowest BCUT2D eigenvalue weighted by atomic mass is 9.92. The molecule has 1 aromatic heterocycles. The van der Waals surface area contributed by atoms with Gasteiger partial charge in [-0.2, -0.15) is 0 Å². The Labute approximate surface area is 280 Å². The van der Waals surface area contributed by atoms with Crippen LogP contribution in [0.15, 0.2) is 194 Å². The zero-order valence-electron chi connectivity index (χ0n) is 26.4. The van der Waals surface area contributed by atoms with E-state index in [1.165, 1.54) is 54.8 Å². The molecule has 0 atom stereocenters. The molecule has 9 aromatic rings. The lowest BCUT2D eigenvalue weighted by Gasteiger charge is -2.26. The molecule has 2 nitrogen and oxygen atoms in total. The summed E-state index contributed by atoms with van der Waals surface area (Å²) in [5.74, 6) is 0. The second-order valence-electron chi connectivity index (χ2n) is 12.2. The highest BCUT2D eigenvalue weighted by molar-refractivity contribution is 6.17. The minimum Gasteiger partial charge on any atom is -0.310 e. The Hall–Kier alpha value is -6.38. The van der Waals surface area contributed by atoms with Crippen molar-refractivity contribution in [3.8, 4) is 27.9 Å². The molecule has 0 saturated carbocycles. The second kappa shape index (κ2) is 11.8. The zero-order chi connectivity index (χ0) is 31.9. The van der Waals surface area contributed by atoms with Crippen molar-refractivity contribution in [3.05, 3.63) is 194 Å². The number of rotatable bonds is 6. The Morgan fingerprint density at radius 2 is 0.958 bits per heavy atom. The fourth-order valence-electron chi connectivity index (χ4n) is 7.20. The number of para-hydroxylation sites is 2. The molecule has 0 unspecified atom stereocenters. The van der Waals surface area contributed by atoms with E-state index in [2.05, 4.69) is 204 Å². The highest BCUT2D eigenvalue weighted by Crippen LogP contribution is 2.44. The minimum atomic E-state index is 1.11. The van der Waals surface area contributed by atoms with Gasteiger partial charge in [-0.3, -0.25) is 0 Å². The summed E-state index contributed by atoms with van der Waals surface area (Å²) in [6, 6.07) is 69.9. The van der Waals surface area contributed by atoms with Crippen LogP contribution in [0.4, 0.5) is 17.1 Å². The Morgan fingerprint density at radius 3 is 1.75 bits per heavy atom. The highest BCUT2D eigenvalue weighted by atomic mass is 15.1. The van der Waals surface area contributed by atoms with Crippen molar-refractivity contribution in [2.45, 2.75) is 0 Å². The van der Waals surface area contributed by atoms with E-state index in [1.807, 2.05) is 0 Å². The van der Waals surface area contributed by atoms with Crippen LogP contribution in [0.5, 0.6) is 0 Å². The molecule has 9 rings (SSSR count). The third kappa shape index (κ3) is 4.74. The van der Waals surface area contributed by atoms with Crippen molar-refractivity contribution in [2.24, 2.45) is 0 Å². The van der Waals surface area contributed by atoms with Crippen molar-refractivity contribution in [2.75, 3.05) is 4.90 Å². The molecule has 8 aromatic carbocycles. The minimum absolute atomic E-state index is 1.11. The summed E-state index contributed by atoms with van der Waals surface area (Å²) in [6.45, 7) is 0. The maximum Gasteiger partial charge on any atom is 0.0562 e. The molecular formula is C46H32N2. The third-order valence-corrected chi connectivity index (χ3v) is 9.36. The number of anilines is 3. The summed E-state index contributed by atoms with van der Waals surface area (Å²) >= 11 is 0. The molecule has 0 aliphatic rings. The zero-order valence-corrected chi connectivity index (χ0v) is 26.4. The third-order valence-electron chi connectivity index (χ3n) is 9.36. The van der Waals surface area contributed by atoms with Crippen molar-refractivity contribution in [1.82, 2.24) is 4.57 Å². The standard InChI is InChI=1S/C46H32N2/c1-4-16-34(17-5-1)40-23-12-13-24-41(40)42-25-14-26-44-46(42)43-30-29-39(32-45(43)48(44)37-21-8-3-9-22-37)47(36-19-6-2-7-20-36)38-28-27-33-15-10-11-18-35(33)31-38/h1-32H. The van der Waals surface area contributed by atoms with Gasteiger partial charge in [-0.15, -0.1) is 0 Å². The molecule has 0 spiro atoms. The molecule has 0 amide bonds. The molecule has 0 N–H and O–H groups in total. The topological polar surface area (TPSA) is 8.17 Å². The molecule has 0 bridgehead atoms. The van der Waals surface area contributed by atoms with E-state index in [1.54, 1.807) is 0 Å². The lowest BCUT2D eigenvalue weighted by Crippen LogP contribution is -2.10. The molecular weight excluding hydrogens is 581 g/mol. The van der Waals surface area contributed by atoms with Gasteiger partial charge in [0.2, 0.25) is 0 Å². The van der Waals surface area contributed by atoms with Crippen LogP contribution in [-0.2, 0) is 0 Å². The highest BCUT2D eigenvalue weighted by Gasteiger charge is 2.20. The molecule has 0 saturated heterocycles. The van der Waals surface area contributed by atoms with Crippen LogP contribution in [0.2, 0.25) is 0 Å². The first-order valence-corrected chi connectivity index (χ1v) is 16.4. The van der Waals surface area contributed by atoms with E-state index in [0.29, 0.717) is 0 Å². The van der Waals surface area contributed by atoms with Crippen LogP contribution in [0, 0.1) is 0 Å². The van der Waals surface area contributed by atoms with Crippen molar-refractivity contribution in [1.29, 1.82) is 0 Å². The summed E-state index contributed by atoms with van der Waals surface area (Å²) in [5, 5.41) is 4.93. The van der Waals surface area contributed by atoms with E-state index in [0.717, 1.165) is 22.7 Å². The van der Waals surface area contributed by atoms with Gasteiger partial charge in [0.1, 0.15) is 0 Å². The molecule has 0 radical (unpaired) electrons. The molecule has 0 fully saturated rings. The average Bonchev–Trinajstić information content (AvgIpc) is 3.50. The van der Waals surface area contributed by atoms with Gasteiger partial charge in [-0.1, -0.05) is 140 Å². The van der Waals surface area contributed by atoms with Gasteiger partial charge in [0.25, 0.3) is 0 Å². The van der Waals surface area contributed by atoms with Gasteiger partial charge in [-0.25, -0.2) is 0 Å². The van der Waals surface area contributed by atoms with Gasteiger partial charge in [0.15, 0.2) is 0 Å². The first-order valence-electron chi connectivity index (χ1n) is 16.4. The summed E-state index contributed by atoms with van der Waals surface area (Å²) in [4.78, 5) is 2.37. The molecule has 226 valence electrons. The first-order chi connectivity index (χ1) is 23.8. The van der Waals surface area contributed by atoms with E-state index in [9.17, 15) is 0 Å². The van der Waals surface area contributed by atoms with Crippen molar-refractivity contribution < 1.29 is 0 Å². The lowest BCUT2D eigenvalue weighted by molar-refractivity contribution is 1.18. The maximum absolute atomic E-state index is 2.42. The summed E-state index contributed by atoms with van der Waals surface area (Å²) in [7, 11) is 0. The maximum atomic E-state index is 2.42. The fourth-order valence-corrected chi connectivity index (χ4v) is 7.20. The van der Waals surface area contributed by atoms with Crippen LogP contribution in [0.3, 0.4) is 0 Å². The number of aromatic nitrogens is 1. The first kappa shape index (κ1) is 27.9. The van der Waals surface area contributed by atoms with Gasteiger partial charge in [0.05, 0.1) is 11.0 Å². The number of fused-ring (bicyclic) bond motifs is 4. The quantitative estimate of drug-likeness (QED) is 0.181. The normalized spacial score (nSPS) is 11.3. The predicted octanol–water partition coefficient (Wildman–Crippen LogP) is 12.7. The smallest absolute Gasteiger partial charge is 0.0562 e. The molecule has 2 heteroatoms. The summed E-state index contributed by atoms with van der Waals surface area (Å²) < 4.78 is 2.42. The number of nitrogens with zero attached hydrogens (tertiary/aromatic N) is 2. The Kier molecular flexibility index (Phi) is 6.84.